The van der Waals surface area contributed by atoms with Gasteiger partial charge in [-0.2, -0.15) is 0 Å². The number of nitrogens with zero attached hydrogens (tertiary/aromatic N) is 3. The number of hydrazine groups is 2. The minimum Gasteiger partial charge on any atom is -0.494 e. The van der Waals surface area contributed by atoms with Crippen LogP contribution in [-0.2, 0) is 28.9 Å². The second-order valence-corrected chi connectivity index (χ2v) is 11.1. The number of esters is 1. The lowest BCUT2D eigenvalue weighted by molar-refractivity contribution is -0.143. The van der Waals surface area contributed by atoms with E-state index in [0.29, 0.717) is 61.0 Å². The number of ether oxygens (including phenoxy) is 3. The van der Waals surface area contributed by atoms with E-state index in [4.69, 9.17) is 25.8 Å². The van der Waals surface area contributed by atoms with Crippen LogP contribution < -0.4 is 25.0 Å². The van der Waals surface area contributed by atoms with E-state index in [1.54, 1.807) is 32.2 Å². The van der Waals surface area contributed by atoms with E-state index in [0.717, 1.165) is 33.8 Å². The van der Waals surface area contributed by atoms with Crippen LogP contribution in [0.3, 0.4) is 0 Å². The van der Waals surface area contributed by atoms with Crippen LogP contribution in [0.1, 0.15) is 54.2 Å². The van der Waals surface area contributed by atoms with Crippen molar-refractivity contribution in [2.24, 2.45) is 0 Å². The highest BCUT2D eigenvalue weighted by Gasteiger charge is 2.32. The van der Waals surface area contributed by atoms with Crippen molar-refractivity contribution in [2.75, 3.05) is 37.3 Å². The molecule has 3 aromatic rings. The van der Waals surface area contributed by atoms with Crippen molar-refractivity contribution < 1.29 is 23.8 Å². The molecule has 2 aliphatic rings. The molecule has 5 rings (SSSR count). The van der Waals surface area contributed by atoms with Crippen LogP contribution in [0.2, 0.25) is 5.02 Å². The standard InChI is InChI=1S/C32H37ClN4O5/c1-6-41-30(38)13-10-21-16-28-31(29(17-21)40-5)35(4)34-37(28)27-9-7-8-22-19-36(15-14-24(22)27)32(39)25-12-11-23(18-26(25)33)42-20(2)3/h7-9,11-12,16-18,20,34H,6,10,13-15,19H2,1-5H3. The lowest BCUT2D eigenvalue weighted by Crippen LogP contribution is -2.41. The highest BCUT2D eigenvalue weighted by molar-refractivity contribution is 6.34. The Morgan fingerprint density at radius 3 is 2.62 bits per heavy atom. The summed E-state index contributed by atoms with van der Waals surface area (Å²) in [6, 6.07) is 15.4. The molecular formula is C32H37ClN4O5. The number of rotatable bonds is 9. The van der Waals surface area contributed by atoms with Gasteiger partial charge in [0.05, 0.1) is 41.8 Å². The number of halogens is 1. The van der Waals surface area contributed by atoms with E-state index < -0.39 is 0 Å². The van der Waals surface area contributed by atoms with Crippen LogP contribution >= 0.6 is 11.6 Å². The van der Waals surface area contributed by atoms with Crippen molar-refractivity contribution in [3.63, 3.8) is 0 Å². The molecule has 10 heteroatoms. The summed E-state index contributed by atoms with van der Waals surface area (Å²) in [6.07, 6.45) is 1.53. The van der Waals surface area contributed by atoms with E-state index in [-0.39, 0.29) is 18.0 Å². The lowest BCUT2D eigenvalue weighted by atomic mass is 9.96. The number of hydrogen-bond acceptors (Lipinski definition) is 8. The van der Waals surface area contributed by atoms with Gasteiger partial charge in [0, 0.05) is 26.6 Å². The highest BCUT2D eigenvalue weighted by atomic mass is 35.5. The summed E-state index contributed by atoms with van der Waals surface area (Å²) >= 11 is 6.51. The number of aryl methyl sites for hydroxylation is 1. The lowest BCUT2D eigenvalue weighted by Gasteiger charge is -2.32. The van der Waals surface area contributed by atoms with Crippen molar-refractivity contribution >= 4 is 40.5 Å². The Kier molecular flexibility index (Phi) is 8.80. The fourth-order valence-corrected chi connectivity index (χ4v) is 5.78. The summed E-state index contributed by atoms with van der Waals surface area (Å²) in [4.78, 5) is 27.3. The number of carbonyl (C=O) groups is 2. The smallest absolute Gasteiger partial charge is 0.306 e. The molecule has 1 N–H and O–H groups in total. The Morgan fingerprint density at radius 2 is 1.90 bits per heavy atom. The number of anilines is 3. The van der Waals surface area contributed by atoms with Gasteiger partial charge in [0.15, 0.2) is 0 Å². The molecule has 2 aliphatic heterocycles. The number of hydrogen-bond donors (Lipinski definition) is 1. The van der Waals surface area contributed by atoms with E-state index in [1.165, 1.54) is 0 Å². The summed E-state index contributed by atoms with van der Waals surface area (Å²) in [5.41, 5.74) is 9.96. The maximum Gasteiger partial charge on any atom is 0.306 e. The van der Waals surface area contributed by atoms with Crippen molar-refractivity contribution in [1.82, 2.24) is 10.4 Å². The average Bonchev–Trinajstić information content (AvgIpc) is 3.30. The van der Waals surface area contributed by atoms with E-state index in [1.807, 2.05) is 47.9 Å². The van der Waals surface area contributed by atoms with Gasteiger partial charge in [-0.3, -0.25) is 19.6 Å². The van der Waals surface area contributed by atoms with Gasteiger partial charge in [0.1, 0.15) is 17.2 Å². The topological polar surface area (TPSA) is 83.6 Å². The zero-order chi connectivity index (χ0) is 30.0. The fourth-order valence-electron chi connectivity index (χ4n) is 5.53. The van der Waals surface area contributed by atoms with Crippen LogP contribution in [0.25, 0.3) is 0 Å². The van der Waals surface area contributed by atoms with Crippen molar-refractivity contribution in [1.29, 1.82) is 0 Å². The predicted molar refractivity (Wildman–Crippen MR) is 164 cm³/mol. The maximum atomic E-state index is 13.5. The fraction of sp³-hybridized carbons (Fsp3) is 0.375. The molecule has 2 heterocycles. The van der Waals surface area contributed by atoms with Crippen LogP contribution in [0.5, 0.6) is 11.5 Å². The summed E-state index contributed by atoms with van der Waals surface area (Å²) in [5.74, 6) is 1.03. The molecule has 3 aromatic carbocycles. The number of amides is 1. The van der Waals surface area contributed by atoms with Gasteiger partial charge in [-0.15, -0.1) is 5.53 Å². The summed E-state index contributed by atoms with van der Waals surface area (Å²) in [6.45, 7) is 7.10. The molecule has 42 heavy (non-hydrogen) atoms. The minimum atomic E-state index is -0.221. The number of carbonyl (C=O) groups excluding carboxylic acids is 2. The Hall–Kier alpha value is -3.95. The van der Waals surface area contributed by atoms with Crippen molar-refractivity contribution in [2.45, 2.75) is 52.7 Å². The molecule has 0 aliphatic carbocycles. The van der Waals surface area contributed by atoms with Crippen LogP contribution in [0.15, 0.2) is 48.5 Å². The molecule has 0 aromatic heterocycles. The minimum absolute atomic E-state index is 0.0181. The van der Waals surface area contributed by atoms with Crippen LogP contribution in [0, 0.1) is 0 Å². The Bertz CT molecular complexity index is 1490. The molecule has 0 radical (unpaired) electrons. The average molecular weight is 593 g/mol. The molecule has 0 fully saturated rings. The molecule has 0 spiro atoms. The first-order valence-corrected chi connectivity index (χ1v) is 14.6. The van der Waals surface area contributed by atoms with E-state index in [2.05, 4.69) is 23.7 Å². The zero-order valence-electron chi connectivity index (χ0n) is 24.7. The maximum absolute atomic E-state index is 13.5. The Labute approximate surface area is 251 Å². The second kappa shape index (κ2) is 12.5. The van der Waals surface area contributed by atoms with Gasteiger partial charge in [-0.05, 0) is 86.7 Å². The summed E-state index contributed by atoms with van der Waals surface area (Å²) in [5, 5.41) is 4.36. The molecule has 0 saturated carbocycles. The van der Waals surface area contributed by atoms with Gasteiger partial charge >= 0.3 is 5.97 Å². The highest BCUT2D eigenvalue weighted by Crippen LogP contribution is 2.46. The third-order valence-corrected chi connectivity index (χ3v) is 7.71. The third kappa shape index (κ3) is 5.98. The van der Waals surface area contributed by atoms with Crippen molar-refractivity contribution in [3.8, 4) is 11.5 Å². The Morgan fingerprint density at radius 1 is 1.10 bits per heavy atom. The first-order valence-electron chi connectivity index (χ1n) is 14.2. The molecule has 0 unspecified atom stereocenters. The molecule has 1 amide bonds. The Balaban J connectivity index is 1.40. The number of benzene rings is 3. The van der Waals surface area contributed by atoms with Gasteiger partial charge in [-0.25, -0.2) is 0 Å². The largest absolute Gasteiger partial charge is 0.494 e. The SMILES string of the molecule is CCOC(=O)CCc1cc(OC)c2c(c1)N(c1cccc3c1CCN(C(=O)c1ccc(OC(C)C)cc1Cl)C3)NN2C. The van der Waals surface area contributed by atoms with Crippen LogP contribution in [0.4, 0.5) is 17.1 Å². The number of fused-ring (bicyclic) bond motifs is 2. The molecule has 0 bridgehead atoms. The molecule has 222 valence electrons. The third-order valence-electron chi connectivity index (χ3n) is 7.40. The van der Waals surface area contributed by atoms with Crippen LogP contribution in [-0.4, -0.2) is 50.2 Å². The first-order chi connectivity index (χ1) is 20.2. The summed E-state index contributed by atoms with van der Waals surface area (Å²) in [7, 11) is 3.59. The predicted octanol–water partition coefficient (Wildman–Crippen LogP) is 5.84. The molecule has 0 saturated heterocycles. The molecular weight excluding hydrogens is 556 g/mol. The van der Waals surface area contributed by atoms with Gasteiger partial charge in [0.25, 0.3) is 5.91 Å². The van der Waals surface area contributed by atoms with Gasteiger partial charge in [0.2, 0.25) is 0 Å². The quantitative estimate of drug-likeness (QED) is 0.310. The molecule has 0 atom stereocenters. The van der Waals surface area contributed by atoms with Crippen molar-refractivity contribution in [3.05, 3.63) is 75.8 Å². The summed E-state index contributed by atoms with van der Waals surface area (Å²) < 4.78 is 16.6. The van der Waals surface area contributed by atoms with Gasteiger partial charge in [-0.1, -0.05) is 23.7 Å². The first kappa shape index (κ1) is 29.5. The van der Waals surface area contributed by atoms with E-state index in [9.17, 15) is 9.59 Å². The zero-order valence-corrected chi connectivity index (χ0v) is 25.5. The number of methoxy groups -OCH3 is 1. The second-order valence-electron chi connectivity index (χ2n) is 10.7. The normalized spacial score (nSPS) is 14.1. The van der Waals surface area contributed by atoms with Gasteiger partial charge < -0.3 is 19.1 Å². The monoisotopic (exact) mass is 592 g/mol. The van der Waals surface area contributed by atoms with E-state index >= 15 is 0 Å². The molecule has 9 nitrogen and oxygen atoms in total. The number of nitrogens with one attached hydrogen (secondary N) is 1.